The summed E-state index contributed by atoms with van der Waals surface area (Å²) < 4.78 is 5.79. The number of para-hydroxylation sites is 1. The van der Waals surface area contributed by atoms with Gasteiger partial charge in [-0.15, -0.1) is 0 Å². The average Bonchev–Trinajstić information content (AvgIpc) is 2.77. The summed E-state index contributed by atoms with van der Waals surface area (Å²) in [6.07, 6.45) is 0.162. The highest BCUT2D eigenvalue weighted by Gasteiger charge is 2.30. The Kier molecular flexibility index (Phi) is 5.56. The molecule has 0 aromatic heterocycles. The number of fused-ring (bicyclic) bond motifs is 1. The number of nitrogens with one attached hydrogen (secondary N) is 2. The Labute approximate surface area is 169 Å². The number of hydrogen-bond acceptors (Lipinski definition) is 3. The Balaban J connectivity index is 1.33. The van der Waals surface area contributed by atoms with Crippen LogP contribution < -0.4 is 15.4 Å². The third kappa shape index (κ3) is 4.63. The lowest BCUT2D eigenvalue weighted by atomic mass is 9.90. The van der Waals surface area contributed by atoms with Gasteiger partial charge in [-0.05, 0) is 34.9 Å². The van der Waals surface area contributed by atoms with E-state index in [1.165, 1.54) is 0 Å². The normalized spacial score (nSPS) is 15.2. The molecule has 2 N–H and O–H groups in total. The molecule has 2 amide bonds. The highest BCUT2D eigenvalue weighted by atomic mass is 16.5. The monoisotopic (exact) mass is 386 g/mol. The molecule has 0 saturated carbocycles. The third-order valence-electron chi connectivity index (χ3n) is 4.95. The highest BCUT2D eigenvalue weighted by molar-refractivity contribution is 6.01. The van der Waals surface area contributed by atoms with Crippen molar-refractivity contribution in [3.8, 4) is 5.75 Å². The van der Waals surface area contributed by atoms with Crippen molar-refractivity contribution in [3.05, 3.63) is 95.6 Å². The number of ether oxygens (including phenoxy) is 1. The van der Waals surface area contributed by atoms with Crippen molar-refractivity contribution in [2.75, 3.05) is 5.32 Å². The Morgan fingerprint density at radius 3 is 2.45 bits per heavy atom. The van der Waals surface area contributed by atoms with Crippen LogP contribution in [0.4, 0.5) is 5.69 Å². The zero-order valence-corrected chi connectivity index (χ0v) is 15.9. The Morgan fingerprint density at radius 1 is 0.931 bits per heavy atom. The van der Waals surface area contributed by atoms with Gasteiger partial charge in [-0.2, -0.15) is 0 Å². The lowest BCUT2D eigenvalue weighted by Crippen LogP contribution is -2.34. The van der Waals surface area contributed by atoms with Crippen LogP contribution in [0.5, 0.6) is 5.75 Å². The molecule has 1 atom stereocenters. The topological polar surface area (TPSA) is 67.4 Å². The summed E-state index contributed by atoms with van der Waals surface area (Å²) in [5.41, 5.74) is 3.65. The van der Waals surface area contributed by atoms with Crippen molar-refractivity contribution in [1.82, 2.24) is 5.32 Å². The van der Waals surface area contributed by atoms with E-state index >= 15 is 0 Å². The van der Waals surface area contributed by atoms with E-state index in [0.29, 0.717) is 18.8 Å². The summed E-state index contributed by atoms with van der Waals surface area (Å²) in [4.78, 5) is 24.6. The molecule has 5 heteroatoms. The van der Waals surface area contributed by atoms with Crippen molar-refractivity contribution in [2.24, 2.45) is 0 Å². The molecule has 0 radical (unpaired) electrons. The molecule has 0 aliphatic carbocycles. The van der Waals surface area contributed by atoms with E-state index in [9.17, 15) is 9.59 Å². The minimum atomic E-state index is -0.464. The Hall–Kier alpha value is -3.60. The molecule has 0 fully saturated rings. The standard InChI is InChI=1S/C24H22N2O3/c27-23-14-21(20-8-4-5-9-22(20)26-23)24(28)25-15-17-10-12-19(13-11-17)29-16-18-6-2-1-3-7-18/h1-13,21H,14-16H2,(H,25,28)(H,26,27). The molecule has 146 valence electrons. The molecule has 3 aromatic rings. The predicted octanol–water partition coefficient (Wildman–Crippen LogP) is 4.01. The lowest BCUT2D eigenvalue weighted by molar-refractivity contribution is -0.126. The van der Waals surface area contributed by atoms with Crippen LogP contribution in [0.2, 0.25) is 0 Å². The number of rotatable bonds is 6. The number of carbonyl (C=O) groups excluding carboxylic acids is 2. The lowest BCUT2D eigenvalue weighted by Gasteiger charge is -2.24. The highest BCUT2D eigenvalue weighted by Crippen LogP contribution is 2.32. The van der Waals surface area contributed by atoms with Crippen LogP contribution in [-0.4, -0.2) is 11.8 Å². The van der Waals surface area contributed by atoms with Crippen molar-refractivity contribution < 1.29 is 14.3 Å². The minimum Gasteiger partial charge on any atom is -0.489 e. The zero-order chi connectivity index (χ0) is 20.1. The van der Waals surface area contributed by atoms with Crippen LogP contribution in [0.15, 0.2) is 78.9 Å². The Bertz CT molecular complexity index is 1000. The van der Waals surface area contributed by atoms with Gasteiger partial charge in [-0.25, -0.2) is 0 Å². The van der Waals surface area contributed by atoms with Gasteiger partial charge >= 0.3 is 0 Å². The number of benzene rings is 3. The molecule has 4 rings (SSSR count). The maximum Gasteiger partial charge on any atom is 0.228 e. The molecule has 0 saturated heterocycles. The van der Waals surface area contributed by atoms with Crippen LogP contribution in [0, 0.1) is 0 Å². The van der Waals surface area contributed by atoms with E-state index in [1.54, 1.807) is 0 Å². The van der Waals surface area contributed by atoms with Crippen molar-refractivity contribution in [3.63, 3.8) is 0 Å². The Morgan fingerprint density at radius 2 is 1.66 bits per heavy atom. The number of anilines is 1. The predicted molar refractivity (Wildman–Crippen MR) is 111 cm³/mol. The fourth-order valence-corrected chi connectivity index (χ4v) is 3.40. The molecule has 5 nitrogen and oxygen atoms in total. The molecule has 29 heavy (non-hydrogen) atoms. The van der Waals surface area contributed by atoms with Crippen molar-refractivity contribution in [1.29, 1.82) is 0 Å². The average molecular weight is 386 g/mol. The second-order valence-corrected chi connectivity index (χ2v) is 7.03. The van der Waals surface area contributed by atoms with E-state index in [-0.39, 0.29) is 18.2 Å². The van der Waals surface area contributed by atoms with Crippen LogP contribution in [0.25, 0.3) is 0 Å². The number of amides is 2. The van der Waals surface area contributed by atoms with Gasteiger partial charge in [0.25, 0.3) is 0 Å². The van der Waals surface area contributed by atoms with Crippen LogP contribution in [0.3, 0.4) is 0 Å². The van der Waals surface area contributed by atoms with E-state index in [2.05, 4.69) is 10.6 Å². The summed E-state index contributed by atoms with van der Waals surface area (Å²) >= 11 is 0. The molecule has 1 aliphatic heterocycles. The van der Waals surface area contributed by atoms with Gasteiger partial charge in [0.15, 0.2) is 0 Å². The first kappa shape index (κ1) is 18.7. The van der Waals surface area contributed by atoms with Gasteiger partial charge in [-0.3, -0.25) is 9.59 Å². The molecule has 1 aliphatic rings. The molecular weight excluding hydrogens is 364 g/mol. The van der Waals surface area contributed by atoms with Gasteiger partial charge < -0.3 is 15.4 Å². The van der Waals surface area contributed by atoms with E-state index in [0.717, 1.165) is 22.4 Å². The maximum atomic E-state index is 12.7. The molecule has 0 bridgehead atoms. The van der Waals surface area contributed by atoms with Gasteiger partial charge in [0.05, 0.1) is 5.92 Å². The first-order valence-electron chi connectivity index (χ1n) is 9.61. The largest absolute Gasteiger partial charge is 0.489 e. The van der Waals surface area contributed by atoms with Gasteiger partial charge in [-0.1, -0.05) is 60.7 Å². The van der Waals surface area contributed by atoms with Gasteiger partial charge in [0, 0.05) is 18.7 Å². The third-order valence-corrected chi connectivity index (χ3v) is 4.95. The van der Waals surface area contributed by atoms with E-state index in [4.69, 9.17) is 4.74 Å². The summed E-state index contributed by atoms with van der Waals surface area (Å²) in [5.74, 6) is 0.0377. The van der Waals surface area contributed by atoms with Gasteiger partial charge in [0.1, 0.15) is 12.4 Å². The van der Waals surface area contributed by atoms with Crippen molar-refractivity contribution >= 4 is 17.5 Å². The first-order chi connectivity index (χ1) is 14.2. The quantitative estimate of drug-likeness (QED) is 0.673. The molecule has 3 aromatic carbocycles. The molecule has 0 spiro atoms. The summed E-state index contributed by atoms with van der Waals surface area (Å²) in [6, 6.07) is 25.1. The fraction of sp³-hybridized carbons (Fsp3) is 0.167. The second-order valence-electron chi connectivity index (χ2n) is 7.03. The maximum absolute atomic E-state index is 12.7. The SMILES string of the molecule is O=C1CC(C(=O)NCc2ccc(OCc3ccccc3)cc2)c2ccccc2N1. The summed E-state index contributed by atoms with van der Waals surface area (Å²) in [6.45, 7) is 0.915. The first-order valence-corrected chi connectivity index (χ1v) is 9.61. The van der Waals surface area contributed by atoms with Crippen LogP contribution in [-0.2, 0) is 22.7 Å². The molecular formula is C24H22N2O3. The fourth-order valence-electron chi connectivity index (χ4n) is 3.40. The van der Waals surface area contributed by atoms with Gasteiger partial charge in [0.2, 0.25) is 11.8 Å². The van der Waals surface area contributed by atoms with E-state index in [1.807, 2.05) is 78.9 Å². The summed E-state index contributed by atoms with van der Waals surface area (Å²) in [7, 11) is 0. The molecule has 1 heterocycles. The van der Waals surface area contributed by atoms with E-state index < -0.39 is 5.92 Å². The molecule has 1 unspecified atom stereocenters. The second kappa shape index (κ2) is 8.61. The van der Waals surface area contributed by atoms with Crippen molar-refractivity contribution in [2.45, 2.75) is 25.5 Å². The summed E-state index contributed by atoms with van der Waals surface area (Å²) in [5, 5.41) is 5.76. The number of carbonyl (C=O) groups is 2. The zero-order valence-electron chi connectivity index (χ0n) is 15.9. The van der Waals surface area contributed by atoms with Crippen LogP contribution in [0.1, 0.15) is 29.0 Å². The minimum absolute atomic E-state index is 0.135. The van der Waals surface area contributed by atoms with Crippen LogP contribution >= 0.6 is 0 Å². The smallest absolute Gasteiger partial charge is 0.228 e. The number of hydrogen-bond donors (Lipinski definition) is 2.